The summed E-state index contributed by atoms with van der Waals surface area (Å²) in [6.07, 6.45) is 1.83. The first-order chi connectivity index (χ1) is 9.11. The van der Waals surface area contributed by atoms with Gasteiger partial charge in [0.25, 0.3) is 0 Å². The van der Waals surface area contributed by atoms with Crippen molar-refractivity contribution in [3.05, 3.63) is 47.0 Å². The van der Waals surface area contributed by atoms with E-state index in [4.69, 9.17) is 4.74 Å². The third-order valence-corrected chi connectivity index (χ3v) is 3.23. The molecular weight excluding hydrogens is 245 g/mol. The number of halogens is 1. The normalized spacial score (nSPS) is 10.7. The summed E-state index contributed by atoms with van der Waals surface area (Å²) in [5.41, 5.74) is 2.86. The zero-order chi connectivity index (χ0) is 13.8. The molecule has 0 spiro atoms. The van der Waals surface area contributed by atoms with Crippen LogP contribution >= 0.6 is 0 Å². The molecule has 0 aliphatic rings. The van der Waals surface area contributed by atoms with Crippen LogP contribution < -0.4 is 10.1 Å². The second kappa shape index (κ2) is 5.84. The molecule has 0 fully saturated rings. The average molecular weight is 263 g/mol. The van der Waals surface area contributed by atoms with Crippen molar-refractivity contribution in [3.8, 4) is 5.75 Å². The topological polar surface area (TPSA) is 39.1 Å². The summed E-state index contributed by atoms with van der Waals surface area (Å²) in [6, 6.07) is 4.89. The standard InChI is InChI=1S/C14H18FN3O/c1-10-12(9-17-18(10)2)8-16-7-11-4-5-13(19-3)6-14(11)15/h4-6,9,16H,7-8H2,1-3H3. The monoisotopic (exact) mass is 263 g/mol. The molecule has 1 N–H and O–H groups in total. The minimum Gasteiger partial charge on any atom is -0.497 e. The Hall–Kier alpha value is -1.88. The van der Waals surface area contributed by atoms with Crippen LogP contribution in [0.2, 0.25) is 0 Å². The second-order valence-corrected chi connectivity index (χ2v) is 4.44. The maximum atomic E-state index is 13.7. The fourth-order valence-electron chi connectivity index (χ4n) is 1.85. The van der Waals surface area contributed by atoms with E-state index in [1.165, 1.54) is 13.2 Å². The highest BCUT2D eigenvalue weighted by Gasteiger charge is 2.06. The lowest BCUT2D eigenvalue weighted by molar-refractivity contribution is 0.410. The van der Waals surface area contributed by atoms with Crippen LogP contribution in [-0.2, 0) is 20.1 Å². The van der Waals surface area contributed by atoms with Gasteiger partial charge in [-0.25, -0.2) is 4.39 Å². The molecule has 5 heteroatoms. The minimum atomic E-state index is -0.255. The molecule has 0 amide bonds. The van der Waals surface area contributed by atoms with Crippen LogP contribution in [0.15, 0.2) is 24.4 Å². The highest BCUT2D eigenvalue weighted by Crippen LogP contribution is 2.16. The number of nitrogens with zero attached hydrogens (tertiary/aromatic N) is 2. The van der Waals surface area contributed by atoms with Gasteiger partial charge < -0.3 is 10.1 Å². The van der Waals surface area contributed by atoms with Crippen molar-refractivity contribution >= 4 is 0 Å². The van der Waals surface area contributed by atoms with Gasteiger partial charge in [-0.1, -0.05) is 6.07 Å². The Bertz CT molecular complexity index is 566. The van der Waals surface area contributed by atoms with E-state index in [0.29, 0.717) is 24.4 Å². The van der Waals surface area contributed by atoms with E-state index >= 15 is 0 Å². The fraction of sp³-hybridized carbons (Fsp3) is 0.357. The van der Waals surface area contributed by atoms with Gasteiger partial charge in [0.05, 0.1) is 13.3 Å². The van der Waals surface area contributed by atoms with Crippen molar-refractivity contribution in [1.82, 2.24) is 15.1 Å². The van der Waals surface area contributed by atoms with Gasteiger partial charge in [-0.05, 0) is 13.0 Å². The van der Waals surface area contributed by atoms with Crippen LogP contribution in [0.25, 0.3) is 0 Å². The van der Waals surface area contributed by atoms with Crippen molar-refractivity contribution in [2.75, 3.05) is 7.11 Å². The Kier molecular flexibility index (Phi) is 4.16. The lowest BCUT2D eigenvalue weighted by Gasteiger charge is -2.07. The van der Waals surface area contributed by atoms with Gasteiger partial charge in [0.15, 0.2) is 0 Å². The molecular formula is C14H18FN3O. The van der Waals surface area contributed by atoms with Gasteiger partial charge in [0.2, 0.25) is 0 Å². The summed E-state index contributed by atoms with van der Waals surface area (Å²) in [5.74, 6) is 0.277. The third kappa shape index (κ3) is 3.12. The molecule has 0 aliphatic heterocycles. The smallest absolute Gasteiger partial charge is 0.131 e. The summed E-state index contributed by atoms with van der Waals surface area (Å²) in [5, 5.41) is 7.38. The first kappa shape index (κ1) is 13.5. The molecule has 0 saturated heterocycles. The van der Waals surface area contributed by atoms with E-state index in [9.17, 15) is 4.39 Å². The van der Waals surface area contributed by atoms with E-state index in [2.05, 4.69) is 10.4 Å². The van der Waals surface area contributed by atoms with Crippen LogP contribution in [0.5, 0.6) is 5.75 Å². The molecule has 0 bridgehead atoms. The van der Waals surface area contributed by atoms with Gasteiger partial charge in [-0.2, -0.15) is 5.10 Å². The summed E-state index contributed by atoms with van der Waals surface area (Å²) in [4.78, 5) is 0. The number of aryl methyl sites for hydroxylation is 1. The predicted molar refractivity (Wildman–Crippen MR) is 71.4 cm³/mol. The number of rotatable bonds is 5. The Balaban J connectivity index is 1.94. The van der Waals surface area contributed by atoms with Crippen molar-refractivity contribution in [2.24, 2.45) is 7.05 Å². The Morgan fingerprint density at radius 2 is 2.05 bits per heavy atom. The summed E-state index contributed by atoms with van der Waals surface area (Å²) in [6.45, 7) is 3.16. The molecule has 0 unspecified atom stereocenters. The molecule has 0 aliphatic carbocycles. The minimum absolute atomic E-state index is 0.255. The molecule has 2 rings (SSSR count). The van der Waals surface area contributed by atoms with Gasteiger partial charge in [-0.15, -0.1) is 0 Å². The quantitative estimate of drug-likeness (QED) is 0.898. The molecule has 0 saturated carbocycles. The van der Waals surface area contributed by atoms with Crippen LogP contribution in [0.1, 0.15) is 16.8 Å². The molecule has 4 nitrogen and oxygen atoms in total. The molecule has 1 heterocycles. The van der Waals surface area contributed by atoms with E-state index in [0.717, 1.165) is 11.3 Å². The first-order valence-electron chi connectivity index (χ1n) is 6.12. The fourth-order valence-corrected chi connectivity index (χ4v) is 1.85. The van der Waals surface area contributed by atoms with E-state index in [1.807, 2.05) is 24.9 Å². The highest BCUT2D eigenvalue weighted by atomic mass is 19.1. The van der Waals surface area contributed by atoms with Crippen molar-refractivity contribution in [1.29, 1.82) is 0 Å². The maximum Gasteiger partial charge on any atom is 0.131 e. The average Bonchev–Trinajstić information content (AvgIpc) is 2.72. The Labute approximate surface area is 112 Å². The number of methoxy groups -OCH3 is 1. The zero-order valence-corrected chi connectivity index (χ0v) is 11.4. The molecule has 19 heavy (non-hydrogen) atoms. The van der Waals surface area contributed by atoms with Crippen LogP contribution in [-0.4, -0.2) is 16.9 Å². The van der Waals surface area contributed by atoms with Gasteiger partial charge in [0.1, 0.15) is 11.6 Å². The Morgan fingerprint density at radius 3 is 2.63 bits per heavy atom. The van der Waals surface area contributed by atoms with Crippen LogP contribution in [0.4, 0.5) is 4.39 Å². The van der Waals surface area contributed by atoms with E-state index < -0.39 is 0 Å². The Morgan fingerprint density at radius 1 is 1.32 bits per heavy atom. The van der Waals surface area contributed by atoms with E-state index in [-0.39, 0.29) is 5.82 Å². The first-order valence-corrected chi connectivity index (χ1v) is 6.12. The number of benzene rings is 1. The van der Waals surface area contributed by atoms with Gasteiger partial charge >= 0.3 is 0 Å². The lowest BCUT2D eigenvalue weighted by atomic mass is 10.2. The lowest BCUT2D eigenvalue weighted by Crippen LogP contribution is -2.14. The second-order valence-electron chi connectivity index (χ2n) is 4.44. The van der Waals surface area contributed by atoms with Crippen molar-refractivity contribution in [2.45, 2.75) is 20.0 Å². The summed E-state index contributed by atoms with van der Waals surface area (Å²) >= 11 is 0. The molecule has 1 aromatic heterocycles. The SMILES string of the molecule is COc1ccc(CNCc2cnn(C)c2C)c(F)c1. The molecule has 0 atom stereocenters. The number of hydrogen-bond acceptors (Lipinski definition) is 3. The molecule has 2 aromatic rings. The van der Waals surface area contributed by atoms with Crippen molar-refractivity contribution in [3.63, 3.8) is 0 Å². The number of aromatic nitrogens is 2. The van der Waals surface area contributed by atoms with Gasteiger partial charge in [0, 0.05) is 43.0 Å². The summed E-state index contributed by atoms with van der Waals surface area (Å²) < 4.78 is 20.5. The summed E-state index contributed by atoms with van der Waals surface area (Å²) in [7, 11) is 3.43. The highest BCUT2D eigenvalue weighted by molar-refractivity contribution is 5.28. The maximum absolute atomic E-state index is 13.7. The predicted octanol–water partition coefficient (Wildman–Crippen LogP) is 2.17. The zero-order valence-electron chi connectivity index (χ0n) is 11.4. The number of hydrogen-bond donors (Lipinski definition) is 1. The number of nitrogens with one attached hydrogen (secondary N) is 1. The molecule has 102 valence electrons. The third-order valence-electron chi connectivity index (χ3n) is 3.23. The largest absolute Gasteiger partial charge is 0.497 e. The van der Waals surface area contributed by atoms with E-state index in [1.54, 1.807) is 12.1 Å². The molecule has 1 aromatic carbocycles. The van der Waals surface area contributed by atoms with Crippen LogP contribution in [0.3, 0.4) is 0 Å². The van der Waals surface area contributed by atoms with Gasteiger partial charge in [-0.3, -0.25) is 4.68 Å². The van der Waals surface area contributed by atoms with Crippen molar-refractivity contribution < 1.29 is 9.13 Å². The number of ether oxygens (including phenoxy) is 1. The molecule has 0 radical (unpaired) electrons. The van der Waals surface area contributed by atoms with Crippen LogP contribution in [0, 0.1) is 12.7 Å².